The van der Waals surface area contributed by atoms with Gasteiger partial charge >= 0.3 is 0 Å². The Bertz CT molecular complexity index is 370. The van der Waals surface area contributed by atoms with Crippen LogP contribution in [0.3, 0.4) is 0 Å². The van der Waals surface area contributed by atoms with Gasteiger partial charge < -0.3 is 15.0 Å². The summed E-state index contributed by atoms with van der Waals surface area (Å²) in [5, 5.41) is 2.84. The third-order valence-corrected chi connectivity index (χ3v) is 4.17. The molecule has 2 heterocycles. The number of carbonyl (C=O) groups is 2. The Hall–Kier alpha value is -1.10. The molecule has 0 spiro atoms. The van der Waals surface area contributed by atoms with Gasteiger partial charge in [0.15, 0.2) is 0 Å². The van der Waals surface area contributed by atoms with Gasteiger partial charge in [-0.3, -0.25) is 9.59 Å². The number of nitrogens with zero attached hydrogens (tertiary/aromatic N) is 1. The van der Waals surface area contributed by atoms with Crippen molar-refractivity contribution < 1.29 is 14.3 Å². The molecule has 2 amide bonds. The van der Waals surface area contributed by atoms with Gasteiger partial charge in [0.25, 0.3) is 0 Å². The second-order valence-electron chi connectivity index (χ2n) is 5.84. The third kappa shape index (κ3) is 2.48. The van der Waals surface area contributed by atoms with Crippen LogP contribution in [-0.4, -0.2) is 47.6 Å². The van der Waals surface area contributed by atoms with E-state index in [2.05, 4.69) is 5.32 Å². The Morgan fingerprint density at radius 1 is 1.42 bits per heavy atom. The lowest BCUT2D eigenvalue weighted by Crippen LogP contribution is -2.67. The van der Waals surface area contributed by atoms with Gasteiger partial charge in [-0.2, -0.15) is 0 Å². The Morgan fingerprint density at radius 2 is 2.11 bits per heavy atom. The average molecular weight is 268 g/mol. The first-order valence-electron chi connectivity index (χ1n) is 7.21. The lowest BCUT2D eigenvalue weighted by Gasteiger charge is -2.44. The highest BCUT2D eigenvalue weighted by atomic mass is 16.5. The van der Waals surface area contributed by atoms with Crippen molar-refractivity contribution in [1.82, 2.24) is 10.2 Å². The van der Waals surface area contributed by atoms with E-state index in [-0.39, 0.29) is 42.0 Å². The Labute approximate surface area is 114 Å². The predicted octanol–water partition coefficient (Wildman–Crippen LogP) is 0.925. The van der Waals surface area contributed by atoms with Crippen LogP contribution in [0, 0.1) is 5.92 Å². The number of ether oxygens (including phenoxy) is 1. The summed E-state index contributed by atoms with van der Waals surface area (Å²) < 4.78 is 5.57. The van der Waals surface area contributed by atoms with E-state index < -0.39 is 0 Å². The van der Waals surface area contributed by atoms with Gasteiger partial charge in [0, 0.05) is 6.61 Å². The summed E-state index contributed by atoms with van der Waals surface area (Å²) in [4.78, 5) is 26.7. The zero-order valence-corrected chi connectivity index (χ0v) is 12.2. The molecular formula is C14H24N2O3. The maximum atomic E-state index is 12.6. The van der Waals surface area contributed by atoms with Crippen LogP contribution in [0.15, 0.2) is 0 Å². The fraction of sp³-hybridized carbons (Fsp3) is 0.857. The molecule has 0 bridgehead atoms. The quantitative estimate of drug-likeness (QED) is 0.828. The summed E-state index contributed by atoms with van der Waals surface area (Å²) in [7, 11) is 0. The monoisotopic (exact) mass is 268 g/mol. The van der Waals surface area contributed by atoms with E-state index in [1.54, 1.807) is 4.90 Å². The van der Waals surface area contributed by atoms with Crippen LogP contribution < -0.4 is 5.32 Å². The maximum absolute atomic E-state index is 12.6. The Balaban J connectivity index is 2.31. The average Bonchev–Trinajstić information content (AvgIpc) is 2.76. The van der Waals surface area contributed by atoms with Gasteiger partial charge in [0.2, 0.25) is 11.8 Å². The van der Waals surface area contributed by atoms with Crippen molar-refractivity contribution in [2.75, 3.05) is 6.61 Å². The van der Waals surface area contributed by atoms with Crippen molar-refractivity contribution in [1.29, 1.82) is 0 Å². The molecule has 4 unspecified atom stereocenters. The number of nitrogens with one attached hydrogen (secondary N) is 1. The molecule has 2 saturated heterocycles. The van der Waals surface area contributed by atoms with Gasteiger partial charge in [-0.1, -0.05) is 20.8 Å². The minimum Gasteiger partial charge on any atom is -0.376 e. The van der Waals surface area contributed by atoms with Crippen molar-refractivity contribution in [2.45, 2.75) is 64.8 Å². The van der Waals surface area contributed by atoms with Crippen molar-refractivity contribution >= 4 is 11.8 Å². The molecule has 0 saturated carbocycles. The van der Waals surface area contributed by atoms with E-state index in [9.17, 15) is 9.59 Å². The van der Waals surface area contributed by atoms with Crippen LogP contribution >= 0.6 is 0 Å². The third-order valence-electron chi connectivity index (χ3n) is 4.17. The molecule has 2 rings (SSSR count). The molecule has 0 radical (unpaired) electrons. The van der Waals surface area contributed by atoms with Crippen LogP contribution in [0.5, 0.6) is 0 Å². The molecule has 0 aromatic carbocycles. The Kier molecular flexibility index (Phi) is 4.13. The summed E-state index contributed by atoms with van der Waals surface area (Å²) >= 11 is 0. The molecule has 0 aromatic heterocycles. The normalized spacial score (nSPS) is 35.9. The van der Waals surface area contributed by atoms with Crippen LogP contribution in [-0.2, 0) is 14.3 Å². The fourth-order valence-corrected chi connectivity index (χ4v) is 3.12. The maximum Gasteiger partial charge on any atom is 0.246 e. The largest absolute Gasteiger partial charge is 0.376 e. The summed E-state index contributed by atoms with van der Waals surface area (Å²) in [5.41, 5.74) is 0. The second-order valence-corrected chi connectivity index (χ2v) is 5.84. The molecule has 108 valence electrons. The summed E-state index contributed by atoms with van der Waals surface area (Å²) in [6.07, 6.45) is 1.46. The number of carbonyl (C=O) groups excluding carboxylic acids is 2. The molecule has 4 atom stereocenters. The van der Waals surface area contributed by atoms with E-state index >= 15 is 0 Å². The first-order chi connectivity index (χ1) is 8.97. The minimum absolute atomic E-state index is 0.00797. The van der Waals surface area contributed by atoms with Gasteiger partial charge in [-0.25, -0.2) is 0 Å². The van der Waals surface area contributed by atoms with E-state index in [0.717, 1.165) is 6.42 Å². The molecule has 2 aliphatic heterocycles. The first-order valence-corrected chi connectivity index (χ1v) is 7.21. The van der Waals surface area contributed by atoms with Crippen molar-refractivity contribution in [2.24, 2.45) is 5.92 Å². The van der Waals surface area contributed by atoms with Crippen LogP contribution in [0.1, 0.15) is 40.5 Å². The summed E-state index contributed by atoms with van der Waals surface area (Å²) in [6.45, 7) is 8.54. The topological polar surface area (TPSA) is 58.6 Å². The molecule has 0 aliphatic carbocycles. The number of piperazine rings is 1. The van der Waals surface area contributed by atoms with Crippen molar-refractivity contribution in [3.63, 3.8) is 0 Å². The van der Waals surface area contributed by atoms with Gasteiger partial charge in [0.05, 0.1) is 12.1 Å². The standard InChI is InChI=1S/C14H24N2O3/c1-5-10-14(18)16(11-6-7-19-9(11)4)12(8(2)3)13(17)15-10/h8-12H,5-7H2,1-4H3,(H,15,17). The van der Waals surface area contributed by atoms with Crippen molar-refractivity contribution in [3.05, 3.63) is 0 Å². The number of hydrogen-bond acceptors (Lipinski definition) is 3. The van der Waals surface area contributed by atoms with Gasteiger partial charge in [-0.05, 0) is 25.7 Å². The first kappa shape index (κ1) is 14.3. The SMILES string of the molecule is CCC1NC(=O)C(C(C)C)N(C2CCOC2C)C1=O. The van der Waals surface area contributed by atoms with Crippen LogP contribution in [0.25, 0.3) is 0 Å². The highest BCUT2D eigenvalue weighted by molar-refractivity contribution is 5.97. The van der Waals surface area contributed by atoms with E-state index in [4.69, 9.17) is 4.74 Å². The number of amides is 2. The van der Waals surface area contributed by atoms with Crippen molar-refractivity contribution in [3.8, 4) is 0 Å². The highest BCUT2D eigenvalue weighted by Crippen LogP contribution is 2.28. The molecule has 1 N–H and O–H groups in total. The fourth-order valence-electron chi connectivity index (χ4n) is 3.12. The number of rotatable bonds is 3. The molecule has 2 aliphatic rings. The Morgan fingerprint density at radius 3 is 2.58 bits per heavy atom. The molecule has 0 aromatic rings. The molecule has 2 fully saturated rings. The van der Waals surface area contributed by atoms with Crippen LogP contribution in [0.4, 0.5) is 0 Å². The molecule has 19 heavy (non-hydrogen) atoms. The highest BCUT2D eigenvalue weighted by Gasteiger charge is 2.46. The zero-order valence-electron chi connectivity index (χ0n) is 12.2. The predicted molar refractivity (Wildman–Crippen MR) is 71.5 cm³/mol. The molecule has 5 nitrogen and oxygen atoms in total. The minimum atomic E-state index is -0.379. The van der Waals surface area contributed by atoms with E-state index in [0.29, 0.717) is 13.0 Å². The zero-order chi connectivity index (χ0) is 14.2. The molecular weight excluding hydrogens is 244 g/mol. The molecule has 5 heteroatoms. The summed E-state index contributed by atoms with van der Waals surface area (Å²) in [5.74, 6) is 0.123. The lowest BCUT2D eigenvalue weighted by molar-refractivity contribution is -0.155. The van der Waals surface area contributed by atoms with Gasteiger partial charge in [-0.15, -0.1) is 0 Å². The summed E-state index contributed by atoms with van der Waals surface area (Å²) in [6, 6.07) is -0.722. The van der Waals surface area contributed by atoms with Gasteiger partial charge in [0.1, 0.15) is 12.1 Å². The second kappa shape index (κ2) is 5.49. The van der Waals surface area contributed by atoms with E-state index in [1.165, 1.54) is 0 Å². The lowest BCUT2D eigenvalue weighted by atomic mass is 9.93. The number of hydrogen-bond donors (Lipinski definition) is 1. The van der Waals surface area contributed by atoms with E-state index in [1.807, 2.05) is 27.7 Å². The smallest absolute Gasteiger partial charge is 0.246 e. The van der Waals surface area contributed by atoms with Crippen LogP contribution in [0.2, 0.25) is 0 Å².